The molecule has 1 saturated heterocycles. The third kappa shape index (κ3) is 5.56. The lowest BCUT2D eigenvalue weighted by Gasteiger charge is -2.28. The maximum atomic E-state index is 11.6. The first-order chi connectivity index (χ1) is 7.80. The van der Waals surface area contributed by atoms with Crippen LogP contribution in [0.2, 0.25) is 0 Å². The molecule has 1 fully saturated rings. The highest BCUT2D eigenvalue weighted by Gasteiger charge is 2.32. The molecule has 0 aromatic heterocycles. The summed E-state index contributed by atoms with van der Waals surface area (Å²) in [6.45, 7) is 5.40. The summed E-state index contributed by atoms with van der Waals surface area (Å²) in [6, 6.07) is 0. The molecule has 0 aromatic rings. The summed E-state index contributed by atoms with van der Waals surface area (Å²) in [5.41, 5.74) is -0.519. The summed E-state index contributed by atoms with van der Waals surface area (Å²) in [7, 11) is 0. The molecule has 1 aliphatic rings. The lowest BCUT2D eigenvalue weighted by molar-refractivity contribution is -0.159. The average Bonchev–Trinajstić information content (AvgIpc) is 2.13. The number of hydrogen-bond donors (Lipinski definition) is 0. The SMILES string of the molecule is CC(C)(C)OC(=O)CC1CC(CI)OC(=O)O1. The van der Waals surface area contributed by atoms with Gasteiger partial charge in [0.15, 0.2) is 0 Å². The van der Waals surface area contributed by atoms with Gasteiger partial charge in [0.2, 0.25) is 0 Å². The zero-order valence-corrected chi connectivity index (χ0v) is 12.4. The number of cyclic esters (lactones) is 2. The number of halogens is 1. The number of esters is 1. The molecule has 5 nitrogen and oxygen atoms in total. The molecule has 0 saturated carbocycles. The van der Waals surface area contributed by atoms with Crippen molar-refractivity contribution in [3.05, 3.63) is 0 Å². The van der Waals surface area contributed by atoms with Gasteiger partial charge in [-0.15, -0.1) is 0 Å². The zero-order chi connectivity index (χ0) is 13.1. The fourth-order valence-corrected chi connectivity index (χ4v) is 2.02. The second kappa shape index (κ2) is 5.88. The smallest absolute Gasteiger partial charge is 0.460 e. The Labute approximate surface area is 114 Å². The summed E-state index contributed by atoms with van der Waals surface area (Å²) in [5, 5.41) is 0. The van der Waals surface area contributed by atoms with Gasteiger partial charge in [-0.1, -0.05) is 22.6 Å². The van der Waals surface area contributed by atoms with Gasteiger partial charge in [0, 0.05) is 10.8 Å². The highest BCUT2D eigenvalue weighted by atomic mass is 127. The van der Waals surface area contributed by atoms with Crippen molar-refractivity contribution >= 4 is 34.7 Å². The molecule has 1 aliphatic heterocycles. The van der Waals surface area contributed by atoms with E-state index in [1.54, 1.807) is 20.8 Å². The van der Waals surface area contributed by atoms with Crippen LogP contribution in [0.5, 0.6) is 0 Å². The first kappa shape index (κ1) is 14.5. The van der Waals surface area contributed by atoms with Crippen LogP contribution in [0, 0.1) is 0 Å². The first-order valence-electron chi connectivity index (χ1n) is 5.45. The number of carbonyl (C=O) groups is 2. The van der Waals surface area contributed by atoms with E-state index in [-0.39, 0.29) is 18.5 Å². The van der Waals surface area contributed by atoms with Gasteiger partial charge in [0.1, 0.15) is 17.8 Å². The highest BCUT2D eigenvalue weighted by Crippen LogP contribution is 2.20. The van der Waals surface area contributed by atoms with Crippen LogP contribution in [0.3, 0.4) is 0 Å². The van der Waals surface area contributed by atoms with Gasteiger partial charge in [-0.05, 0) is 20.8 Å². The Kier molecular flexibility index (Phi) is 5.03. The highest BCUT2D eigenvalue weighted by molar-refractivity contribution is 14.1. The standard InChI is InChI=1S/C11H17IO5/c1-11(2,3)17-9(13)5-7-4-8(6-12)16-10(14)15-7/h7-8H,4-6H2,1-3H3. The molecule has 0 aliphatic carbocycles. The van der Waals surface area contributed by atoms with Gasteiger partial charge in [-0.2, -0.15) is 0 Å². The number of alkyl halides is 1. The van der Waals surface area contributed by atoms with Crippen LogP contribution in [0.15, 0.2) is 0 Å². The molecule has 0 bridgehead atoms. The topological polar surface area (TPSA) is 61.8 Å². The molecule has 0 spiro atoms. The maximum Gasteiger partial charge on any atom is 0.508 e. The molecular formula is C11H17IO5. The lowest BCUT2D eigenvalue weighted by Crippen LogP contribution is -2.37. The molecule has 2 atom stereocenters. The van der Waals surface area contributed by atoms with Crippen LogP contribution in [-0.4, -0.2) is 34.4 Å². The summed E-state index contributed by atoms with van der Waals surface area (Å²) in [4.78, 5) is 22.7. The van der Waals surface area contributed by atoms with Crippen LogP contribution in [0.4, 0.5) is 4.79 Å². The Morgan fingerprint density at radius 3 is 2.53 bits per heavy atom. The van der Waals surface area contributed by atoms with Crippen molar-refractivity contribution in [3.63, 3.8) is 0 Å². The van der Waals surface area contributed by atoms with E-state index in [4.69, 9.17) is 14.2 Å². The molecule has 0 amide bonds. The van der Waals surface area contributed by atoms with Crippen molar-refractivity contribution < 1.29 is 23.8 Å². The third-order valence-electron chi connectivity index (χ3n) is 2.04. The fourth-order valence-electron chi connectivity index (χ4n) is 1.48. The predicted molar refractivity (Wildman–Crippen MR) is 69.1 cm³/mol. The molecule has 6 heteroatoms. The zero-order valence-electron chi connectivity index (χ0n) is 10.2. The molecular weight excluding hydrogens is 339 g/mol. The number of hydrogen-bond acceptors (Lipinski definition) is 5. The summed E-state index contributed by atoms with van der Waals surface area (Å²) in [5.74, 6) is -0.357. The first-order valence-corrected chi connectivity index (χ1v) is 6.98. The van der Waals surface area contributed by atoms with Gasteiger partial charge in [-0.25, -0.2) is 4.79 Å². The second-order valence-corrected chi connectivity index (χ2v) is 5.79. The minimum absolute atomic E-state index is 0.0828. The summed E-state index contributed by atoms with van der Waals surface area (Å²) >= 11 is 2.13. The molecule has 1 heterocycles. The Bertz CT molecular complexity index is 297. The van der Waals surface area contributed by atoms with Crippen molar-refractivity contribution in [2.45, 2.75) is 51.4 Å². The Hall–Kier alpha value is -0.530. The molecule has 2 unspecified atom stereocenters. The van der Waals surface area contributed by atoms with Gasteiger partial charge in [0.25, 0.3) is 0 Å². The number of rotatable bonds is 3. The Morgan fingerprint density at radius 1 is 1.41 bits per heavy atom. The van der Waals surface area contributed by atoms with E-state index in [0.29, 0.717) is 10.8 Å². The van der Waals surface area contributed by atoms with Crippen LogP contribution >= 0.6 is 22.6 Å². The molecule has 0 N–H and O–H groups in total. The van der Waals surface area contributed by atoms with Crippen LogP contribution in [0.25, 0.3) is 0 Å². The monoisotopic (exact) mass is 356 g/mol. The van der Waals surface area contributed by atoms with Crippen LogP contribution in [-0.2, 0) is 19.0 Å². The average molecular weight is 356 g/mol. The van der Waals surface area contributed by atoms with Crippen LogP contribution in [0.1, 0.15) is 33.6 Å². The number of carbonyl (C=O) groups excluding carboxylic acids is 2. The van der Waals surface area contributed by atoms with E-state index in [2.05, 4.69) is 22.6 Å². The van der Waals surface area contributed by atoms with Crippen molar-refractivity contribution in [3.8, 4) is 0 Å². The summed E-state index contributed by atoms with van der Waals surface area (Å²) < 4.78 is 15.7. The predicted octanol–water partition coefficient (Wildman–Crippen LogP) is 2.45. The Morgan fingerprint density at radius 2 is 2.00 bits per heavy atom. The molecule has 0 aromatic carbocycles. The lowest BCUT2D eigenvalue weighted by atomic mass is 10.1. The van der Waals surface area contributed by atoms with Gasteiger partial charge in [0.05, 0.1) is 6.42 Å². The minimum Gasteiger partial charge on any atom is -0.460 e. The van der Waals surface area contributed by atoms with Crippen molar-refractivity contribution in [2.75, 3.05) is 4.43 Å². The molecule has 1 rings (SSSR count). The number of ether oxygens (including phenoxy) is 3. The molecule has 0 radical (unpaired) electrons. The van der Waals surface area contributed by atoms with Gasteiger partial charge < -0.3 is 14.2 Å². The van der Waals surface area contributed by atoms with Crippen molar-refractivity contribution in [1.82, 2.24) is 0 Å². The summed E-state index contributed by atoms with van der Waals surface area (Å²) in [6.07, 6.45) is -0.699. The largest absolute Gasteiger partial charge is 0.508 e. The third-order valence-corrected chi connectivity index (χ3v) is 3.02. The van der Waals surface area contributed by atoms with Crippen LogP contribution < -0.4 is 0 Å². The normalized spacial score (nSPS) is 24.8. The maximum absolute atomic E-state index is 11.6. The van der Waals surface area contributed by atoms with E-state index in [1.165, 1.54) is 0 Å². The van der Waals surface area contributed by atoms with E-state index < -0.39 is 17.9 Å². The second-order valence-electron chi connectivity index (χ2n) is 4.91. The van der Waals surface area contributed by atoms with Crippen molar-refractivity contribution in [2.24, 2.45) is 0 Å². The van der Waals surface area contributed by atoms with Crippen molar-refractivity contribution in [1.29, 1.82) is 0 Å². The fraction of sp³-hybridized carbons (Fsp3) is 0.818. The van der Waals surface area contributed by atoms with E-state index in [0.717, 1.165) is 0 Å². The Balaban J connectivity index is 2.45. The van der Waals surface area contributed by atoms with Gasteiger partial charge >= 0.3 is 12.1 Å². The van der Waals surface area contributed by atoms with E-state index in [1.807, 2.05) is 0 Å². The molecule has 98 valence electrons. The molecule has 17 heavy (non-hydrogen) atoms. The minimum atomic E-state index is -0.702. The van der Waals surface area contributed by atoms with Gasteiger partial charge in [-0.3, -0.25) is 4.79 Å². The van der Waals surface area contributed by atoms with E-state index in [9.17, 15) is 9.59 Å². The van der Waals surface area contributed by atoms with E-state index >= 15 is 0 Å². The quantitative estimate of drug-likeness (QED) is 0.442.